The van der Waals surface area contributed by atoms with Gasteiger partial charge >= 0.3 is 0 Å². The fraction of sp³-hybridized carbons (Fsp3) is 0.118. The summed E-state index contributed by atoms with van der Waals surface area (Å²) in [7, 11) is 0. The van der Waals surface area contributed by atoms with Crippen molar-refractivity contribution in [3.63, 3.8) is 0 Å². The zero-order chi connectivity index (χ0) is 14.5. The SMILES string of the molecule is CSc1ccc(-c2cccc(OCc3cccs3)n2)cc1. The molecule has 0 saturated carbocycles. The van der Waals surface area contributed by atoms with Crippen LogP contribution in [0.3, 0.4) is 0 Å². The molecular weight excluding hydrogens is 298 g/mol. The third-order valence-electron chi connectivity index (χ3n) is 3.05. The van der Waals surface area contributed by atoms with Crippen molar-refractivity contribution in [1.29, 1.82) is 0 Å². The maximum Gasteiger partial charge on any atom is 0.214 e. The van der Waals surface area contributed by atoms with Gasteiger partial charge in [0.2, 0.25) is 5.88 Å². The van der Waals surface area contributed by atoms with E-state index in [0.717, 1.165) is 11.3 Å². The van der Waals surface area contributed by atoms with E-state index in [2.05, 4.69) is 47.0 Å². The Morgan fingerprint density at radius 1 is 1.05 bits per heavy atom. The molecule has 0 aliphatic rings. The zero-order valence-corrected chi connectivity index (χ0v) is 13.3. The fourth-order valence-corrected chi connectivity index (χ4v) is 2.98. The highest BCUT2D eigenvalue weighted by Gasteiger charge is 2.03. The lowest BCUT2D eigenvalue weighted by Gasteiger charge is -2.06. The molecule has 2 aromatic heterocycles. The van der Waals surface area contributed by atoms with Crippen molar-refractivity contribution in [2.24, 2.45) is 0 Å². The van der Waals surface area contributed by atoms with Crippen molar-refractivity contribution >= 4 is 23.1 Å². The van der Waals surface area contributed by atoms with E-state index in [-0.39, 0.29) is 0 Å². The number of rotatable bonds is 5. The van der Waals surface area contributed by atoms with Crippen LogP contribution in [0.15, 0.2) is 64.9 Å². The Morgan fingerprint density at radius 2 is 1.90 bits per heavy atom. The lowest BCUT2D eigenvalue weighted by molar-refractivity contribution is 0.297. The topological polar surface area (TPSA) is 22.1 Å². The second-order valence-electron chi connectivity index (χ2n) is 4.46. The molecule has 0 amide bonds. The molecule has 0 aliphatic heterocycles. The minimum Gasteiger partial charge on any atom is -0.472 e. The molecule has 0 bridgehead atoms. The molecule has 1 aromatic carbocycles. The number of aromatic nitrogens is 1. The summed E-state index contributed by atoms with van der Waals surface area (Å²) >= 11 is 3.43. The molecule has 0 spiro atoms. The smallest absolute Gasteiger partial charge is 0.214 e. The highest BCUT2D eigenvalue weighted by molar-refractivity contribution is 7.98. The average Bonchev–Trinajstić information content (AvgIpc) is 3.07. The molecule has 4 heteroatoms. The fourth-order valence-electron chi connectivity index (χ4n) is 1.96. The number of hydrogen-bond donors (Lipinski definition) is 0. The van der Waals surface area contributed by atoms with Crippen molar-refractivity contribution in [3.8, 4) is 17.1 Å². The van der Waals surface area contributed by atoms with Gasteiger partial charge in [0, 0.05) is 21.4 Å². The molecule has 0 atom stereocenters. The maximum atomic E-state index is 5.75. The van der Waals surface area contributed by atoms with Gasteiger partial charge in [-0.05, 0) is 35.9 Å². The van der Waals surface area contributed by atoms with Gasteiger partial charge in [-0.25, -0.2) is 4.98 Å². The van der Waals surface area contributed by atoms with Crippen molar-refractivity contribution in [3.05, 3.63) is 64.9 Å². The van der Waals surface area contributed by atoms with E-state index >= 15 is 0 Å². The Bertz CT molecular complexity index is 693. The van der Waals surface area contributed by atoms with E-state index in [1.165, 1.54) is 9.77 Å². The highest BCUT2D eigenvalue weighted by atomic mass is 32.2. The van der Waals surface area contributed by atoms with Crippen molar-refractivity contribution in [2.45, 2.75) is 11.5 Å². The number of pyridine rings is 1. The predicted molar refractivity (Wildman–Crippen MR) is 90.1 cm³/mol. The van der Waals surface area contributed by atoms with Crippen LogP contribution < -0.4 is 4.74 Å². The third-order valence-corrected chi connectivity index (χ3v) is 4.65. The number of ether oxygens (including phenoxy) is 1. The summed E-state index contributed by atoms with van der Waals surface area (Å²) in [4.78, 5) is 7.03. The van der Waals surface area contributed by atoms with Gasteiger partial charge in [-0.1, -0.05) is 24.3 Å². The standard InChI is InChI=1S/C17H15NOS2/c1-20-14-9-7-13(8-10-14)16-5-2-6-17(18-16)19-12-15-4-3-11-21-15/h2-11H,12H2,1H3. The van der Waals surface area contributed by atoms with Crippen LogP contribution in [0.4, 0.5) is 0 Å². The molecule has 0 fully saturated rings. The van der Waals surface area contributed by atoms with Gasteiger partial charge in [-0.15, -0.1) is 23.1 Å². The van der Waals surface area contributed by atoms with Crippen molar-refractivity contribution < 1.29 is 4.74 Å². The molecule has 21 heavy (non-hydrogen) atoms. The summed E-state index contributed by atoms with van der Waals surface area (Å²) in [6.07, 6.45) is 2.08. The van der Waals surface area contributed by atoms with Crippen LogP contribution in [-0.4, -0.2) is 11.2 Å². The molecule has 0 unspecified atom stereocenters. The van der Waals surface area contributed by atoms with E-state index in [9.17, 15) is 0 Å². The first-order chi connectivity index (χ1) is 10.3. The van der Waals surface area contributed by atoms with Gasteiger partial charge in [0.15, 0.2) is 0 Å². The number of benzene rings is 1. The van der Waals surface area contributed by atoms with E-state index in [4.69, 9.17) is 4.74 Å². The predicted octanol–water partition coefficient (Wildman–Crippen LogP) is 5.11. The van der Waals surface area contributed by atoms with E-state index in [1.54, 1.807) is 23.1 Å². The Balaban J connectivity index is 1.75. The van der Waals surface area contributed by atoms with Crippen LogP contribution in [0.5, 0.6) is 5.88 Å². The summed E-state index contributed by atoms with van der Waals surface area (Å²) in [5.41, 5.74) is 2.04. The van der Waals surface area contributed by atoms with Crippen molar-refractivity contribution in [1.82, 2.24) is 4.98 Å². The van der Waals surface area contributed by atoms with Gasteiger partial charge in [-0.3, -0.25) is 0 Å². The van der Waals surface area contributed by atoms with Gasteiger partial charge < -0.3 is 4.74 Å². The molecule has 0 saturated heterocycles. The maximum absolute atomic E-state index is 5.75. The average molecular weight is 313 g/mol. The van der Waals surface area contributed by atoms with Crippen LogP contribution in [0.25, 0.3) is 11.3 Å². The second kappa shape index (κ2) is 6.78. The first kappa shape index (κ1) is 14.2. The quantitative estimate of drug-likeness (QED) is 0.611. The second-order valence-corrected chi connectivity index (χ2v) is 6.37. The summed E-state index contributed by atoms with van der Waals surface area (Å²) in [5.74, 6) is 0.662. The molecule has 3 rings (SSSR count). The molecule has 0 radical (unpaired) electrons. The largest absolute Gasteiger partial charge is 0.472 e. The molecule has 0 N–H and O–H groups in total. The molecule has 2 nitrogen and oxygen atoms in total. The lowest BCUT2D eigenvalue weighted by Crippen LogP contribution is -1.96. The van der Waals surface area contributed by atoms with E-state index in [1.807, 2.05) is 24.3 Å². The third kappa shape index (κ3) is 3.65. The van der Waals surface area contributed by atoms with Crippen LogP contribution in [-0.2, 0) is 6.61 Å². The minimum atomic E-state index is 0.569. The molecule has 0 aliphatic carbocycles. The van der Waals surface area contributed by atoms with E-state index < -0.39 is 0 Å². The molecule has 106 valence electrons. The number of thiophene rings is 1. The van der Waals surface area contributed by atoms with Gasteiger partial charge in [0.25, 0.3) is 0 Å². The first-order valence-corrected chi connectivity index (χ1v) is 8.72. The minimum absolute atomic E-state index is 0.569. The zero-order valence-electron chi connectivity index (χ0n) is 11.7. The molecular formula is C17H15NOS2. The molecule has 3 aromatic rings. The Morgan fingerprint density at radius 3 is 2.62 bits per heavy atom. The number of thioether (sulfide) groups is 1. The summed E-state index contributed by atoms with van der Waals surface area (Å²) in [5, 5.41) is 2.05. The van der Waals surface area contributed by atoms with Crippen LogP contribution in [0, 0.1) is 0 Å². The van der Waals surface area contributed by atoms with Crippen molar-refractivity contribution in [2.75, 3.05) is 6.26 Å². The number of nitrogens with zero attached hydrogens (tertiary/aromatic N) is 1. The Hall–Kier alpha value is -1.78. The van der Waals surface area contributed by atoms with Crippen LogP contribution in [0.1, 0.15) is 4.88 Å². The lowest BCUT2D eigenvalue weighted by atomic mass is 10.1. The number of hydrogen-bond acceptors (Lipinski definition) is 4. The summed E-state index contributed by atoms with van der Waals surface area (Å²) in [6.45, 7) is 0.569. The monoisotopic (exact) mass is 313 g/mol. The van der Waals surface area contributed by atoms with Gasteiger partial charge in [0.05, 0.1) is 5.69 Å². The highest BCUT2D eigenvalue weighted by Crippen LogP contribution is 2.23. The first-order valence-electron chi connectivity index (χ1n) is 6.62. The van der Waals surface area contributed by atoms with Crippen LogP contribution in [0.2, 0.25) is 0 Å². The van der Waals surface area contributed by atoms with Gasteiger partial charge in [-0.2, -0.15) is 0 Å². The Labute approximate surface area is 132 Å². The summed E-state index contributed by atoms with van der Waals surface area (Å²) in [6, 6.07) is 18.4. The van der Waals surface area contributed by atoms with Gasteiger partial charge in [0.1, 0.15) is 6.61 Å². The molecule has 2 heterocycles. The van der Waals surface area contributed by atoms with Crippen LogP contribution >= 0.6 is 23.1 Å². The normalized spacial score (nSPS) is 10.5. The Kier molecular flexibility index (Phi) is 4.58. The van der Waals surface area contributed by atoms with E-state index in [0.29, 0.717) is 12.5 Å². The summed E-state index contributed by atoms with van der Waals surface area (Å²) < 4.78 is 5.75.